The Balaban J connectivity index is 1.75. The molecule has 3 N–H and O–H groups in total. The molecule has 1 atom stereocenters. The number of halogens is 1. The van der Waals surface area contributed by atoms with E-state index >= 15 is 0 Å². The molecule has 35 heavy (non-hydrogen) atoms. The first-order chi connectivity index (χ1) is 16.6. The van der Waals surface area contributed by atoms with Crippen molar-refractivity contribution in [1.82, 2.24) is 9.47 Å². The fourth-order valence-electron chi connectivity index (χ4n) is 4.55. The molecule has 188 valence electrons. The van der Waals surface area contributed by atoms with Gasteiger partial charge in [-0.15, -0.1) is 0 Å². The van der Waals surface area contributed by atoms with Crippen molar-refractivity contribution in [2.75, 3.05) is 6.54 Å². The predicted octanol–water partition coefficient (Wildman–Crippen LogP) is 6.17. The second-order valence-electron chi connectivity index (χ2n) is 9.55. The summed E-state index contributed by atoms with van der Waals surface area (Å²) in [5, 5.41) is 29.9. The standard InChI is InChI=1S/C28H35ClN2O4/c1-19(2)17-30(25(16-28(34)35)23-8-10-24(29)11-9-23)18-21-6-7-22(20(3)15-21)5-4-14-31-26(32)12-13-27(31)33/h6-13,15,19,25,32-33H,4-5,14,16-18H2,1-3H3,(H,34,35). The van der Waals surface area contributed by atoms with Gasteiger partial charge in [0.05, 0.1) is 6.42 Å². The number of aromatic nitrogens is 1. The van der Waals surface area contributed by atoms with Crippen LogP contribution in [0.5, 0.6) is 11.8 Å². The summed E-state index contributed by atoms with van der Waals surface area (Å²) in [4.78, 5) is 14.0. The van der Waals surface area contributed by atoms with Gasteiger partial charge < -0.3 is 15.3 Å². The first-order valence-corrected chi connectivity index (χ1v) is 12.4. The van der Waals surface area contributed by atoms with Crippen LogP contribution in [0.15, 0.2) is 54.6 Å². The summed E-state index contributed by atoms with van der Waals surface area (Å²) >= 11 is 6.07. The van der Waals surface area contributed by atoms with Crippen molar-refractivity contribution in [3.63, 3.8) is 0 Å². The Morgan fingerprint density at radius 3 is 2.26 bits per heavy atom. The zero-order chi connectivity index (χ0) is 25.5. The number of aromatic hydroxyl groups is 2. The molecule has 1 unspecified atom stereocenters. The minimum Gasteiger partial charge on any atom is -0.494 e. The summed E-state index contributed by atoms with van der Waals surface area (Å²) in [5.74, 6) is -0.321. The van der Waals surface area contributed by atoms with Crippen molar-refractivity contribution in [3.8, 4) is 11.8 Å². The number of nitrogens with zero attached hydrogens (tertiary/aromatic N) is 2. The summed E-state index contributed by atoms with van der Waals surface area (Å²) < 4.78 is 1.49. The zero-order valence-electron chi connectivity index (χ0n) is 20.6. The van der Waals surface area contributed by atoms with Gasteiger partial charge in [-0.3, -0.25) is 14.3 Å². The predicted molar refractivity (Wildman–Crippen MR) is 139 cm³/mol. The van der Waals surface area contributed by atoms with E-state index < -0.39 is 5.97 Å². The zero-order valence-corrected chi connectivity index (χ0v) is 21.4. The molecule has 0 amide bonds. The van der Waals surface area contributed by atoms with Crippen molar-refractivity contribution in [3.05, 3.63) is 81.9 Å². The van der Waals surface area contributed by atoms with Gasteiger partial charge in [0, 0.05) is 42.8 Å². The lowest BCUT2D eigenvalue weighted by atomic mass is 9.97. The van der Waals surface area contributed by atoms with Crippen LogP contribution < -0.4 is 0 Å². The Labute approximate surface area is 212 Å². The normalized spacial score (nSPS) is 12.4. The SMILES string of the molecule is Cc1cc(CN(CC(C)C)C(CC(=O)O)c2ccc(Cl)cc2)ccc1CCCn1c(O)ccc1O. The fourth-order valence-corrected chi connectivity index (χ4v) is 4.68. The third-order valence-electron chi connectivity index (χ3n) is 6.22. The molecule has 0 aliphatic rings. The van der Waals surface area contributed by atoms with E-state index in [1.54, 1.807) is 0 Å². The van der Waals surface area contributed by atoms with Crippen LogP contribution in [0.4, 0.5) is 0 Å². The van der Waals surface area contributed by atoms with Gasteiger partial charge in [0.2, 0.25) is 0 Å². The lowest BCUT2D eigenvalue weighted by molar-refractivity contribution is -0.138. The average Bonchev–Trinajstić information content (AvgIpc) is 3.11. The third-order valence-corrected chi connectivity index (χ3v) is 6.47. The maximum Gasteiger partial charge on any atom is 0.305 e. The van der Waals surface area contributed by atoms with E-state index in [1.165, 1.54) is 27.8 Å². The number of hydrogen-bond acceptors (Lipinski definition) is 4. The first kappa shape index (κ1) is 26.6. The minimum absolute atomic E-state index is 0.0184. The van der Waals surface area contributed by atoms with Gasteiger partial charge in [0.15, 0.2) is 11.8 Å². The molecule has 0 saturated carbocycles. The Morgan fingerprint density at radius 1 is 1.03 bits per heavy atom. The molecule has 6 nitrogen and oxygen atoms in total. The fraction of sp³-hybridized carbons (Fsp3) is 0.393. The van der Waals surface area contributed by atoms with Crippen LogP contribution in [0, 0.1) is 12.8 Å². The number of carboxylic acid groups (broad SMARTS) is 1. The third kappa shape index (κ3) is 7.51. The van der Waals surface area contributed by atoms with E-state index in [1.807, 2.05) is 24.3 Å². The highest BCUT2D eigenvalue weighted by atomic mass is 35.5. The number of hydrogen-bond donors (Lipinski definition) is 3. The monoisotopic (exact) mass is 498 g/mol. The highest BCUT2D eigenvalue weighted by Gasteiger charge is 2.24. The molecule has 0 saturated heterocycles. The number of aryl methyl sites for hydroxylation is 2. The molecule has 3 aromatic rings. The molecule has 1 aromatic heterocycles. The van der Waals surface area contributed by atoms with Crippen LogP contribution in [0.3, 0.4) is 0 Å². The molecule has 0 spiro atoms. The summed E-state index contributed by atoms with van der Waals surface area (Å²) in [6.07, 6.45) is 1.63. The van der Waals surface area contributed by atoms with Crippen molar-refractivity contribution in [1.29, 1.82) is 0 Å². The minimum atomic E-state index is -0.829. The van der Waals surface area contributed by atoms with Gasteiger partial charge in [0.1, 0.15) is 0 Å². The van der Waals surface area contributed by atoms with Gasteiger partial charge in [-0.1, -0.05) is 55.8 Å². The molecule has 3 rings (SSSR count). The maximum absolute atomic E-state index is 11.7. The molecule has 7 heteroatoms. The van der Waals surface area contributed by atoms with E-state index in [-0.39, 0.29) is 24.2 Å². The van der Waals surface area contributed by atoms with Gasteiger partial charge in [-0.25, -0.2) is 0 Å². The summed E-state index contributed by atoms with van der Waals surface area (Å²) in [5.41, 5.74) is 4.48. The largest absolute Gasteiger partial charge is 0.494 e. The summed E-state index contributed by atoms with van der Waals surface area (Å²) in [7, 11) is 0. The van der Waals surface area contributed by atoms with Crippen molar-refractivity contribution in [2.45, 2.75) is 59.2 Å². The van der Waals surface area contributed by atoms with Gasteiger partial charge in [-0.05, 0) is 60.1 Å². The second kappa shape index (κ2) is 12.1. The highest BCUT2D eigenvalue weighted by Crippen LogP contribution is 2.29. The number of benzene rings is 2. The average molecular weight is 499 g/mol. The molecule has 0 bridgehead atoms. The smallest absolute Gasteiger partial charge is 0.305 e. The Morgan fingerprint density at radius 2 is 1.69 bits per heavy atom. The summed E-state index contributed by atoms with van der Waals surface area (Å²) in [6, 6.07) is 16.6. The van der Waals surface area contributed by atoms with E-state index in [4.69, 9.17) is 11.6 Å². The van der Waals surface area contributed by atoms with Crippen LogP contribution >= 0.6 is 11.6 Å². The second-order valence-corrected chi connectivity index (χ2v) is 9.99. The van der Waals surface area contributed by atoms with Crippen LogP contribution in [0.2, 0.25) is 5.02 Å². The highest BCUT2D eigenvalue weighted by molar-refractivity contribution is 6.30. The van der Waals surface area contributed by atoms with Crippen LogP contribution in [0.1, 0.15) is 55.0 Å². The van der Waals surface area contributed by atoms with Crippen LogP contribution in [-0.4, -0.2) is 37.3 Å². The van der Waals surface area contributed by atoms with E-state index in [0.29, 0.717) is 24.0 Å². The Kier molecular flexibility index (Phi) is 9.24. The number of rotatable bonds is 12. The van der Waals surface area contributed by atoms with Gasteiger partial charge in [0.25, 0.3) is 0 Å². The van der Waals surface area contributed by atoms with Gasteiger partial charge in [-0.2, -0.15) is 0 Å². The molecular weight excluding hydrogens is 464 g/mol. The van der Waals surface area contributed by atoms with Crippen molar-refractivity contribution in [2.24, 2.45) is 5.92 Å². The van der Waals surface area contributed by atoms with E-state index in [2.05, 4.69) is 43.9 Å². The van der Waals surface area contributed by atoms with Crippen molar-refractivity contribution >= 4 is 17.6 Å². The molecule has 0 radical (unpaired) electrons. The first-order valence-electron chi connectivity index (χ1n) is 12.0. The topological polar surface area (TPSA) is 85.9 Å². The number of carbonyl (C=O) groups is 1. The quantitative estimate of drug-likeness (QED) is 0.278. The molecule has 1 heterocycles. The Bertz CT molecular complexity index is 1100. The lowest BCUT2D eigenvalue weighted by Gasteiger charge is -2.33. The maximum atomic E-state index is 11.7. The molecule has 2 aromatic carbocycles. The Hall–Kier alpha value is -2.96. The van der Waals surface area contributed by atoms with E-state index in [9.17, 15) is 20.1 Å². The van der Waals surface area contributed by atoms with E-state index in [0.717, 1.165) is 30.5 Å². The van der Waals surface area contributed by atoms with Crippen LogP contribution in [-0.2, 0) is 24.3 Å². The molecule has 0 aliphatic heterocycles. The molecular formula is C28H35ClN2O4. The number of carboxylic acids is 1. The molecule has 0 fully saturated rings. The van der Waals surface area contributed by atoms with Crippen LogP contribution in [0.25, 0.3) is 0 Å². The van der Waals surface area contributed by atoms with Gasteiger partial charge >= 0.3 is 5.97 Å². The molecule has 0 aliphatic carbocycles. The summed E-state index contributed by atoms with van der Waals surface area (Å²) in [6.45, 7) is 8.31. The number of aliphatic carboxylic acids is 1. The lowest BCUT2D eigenvalue weighted by Crippen LogP contribution is -2.33. The van der Waals surface area contributed by atoms with Crippen molar-refractivity contribution < 1.29 is 20.1 Å².